The number of carbonyl (C=O) groups is 1. The van der Waals surface area contributed by atoms with Gasteiger partial charge in [-0.15, -0.1) is 0 Å². The number of amides is 1. The van der Waals surface area contributed by atoms with Gasteiger partial charge in [-0.25, -0.2) is 9.50 Å². The summed E-state index contributed by atoms with van der Waals surface area (Å²) in [5.74, 6) is 1.94. The van der Waals surface area contributed by atoms with Gasteiger partial charge in [-0.3, -0.25) is 9.48 Å². The van der Waals surface area contributed by atoms with E-state index in [0.29, 0.717) is 23.8 Å². The minimum absolute atomic E-state index is 0.0890. The summed E-state index contributed by atoms with van der Waals surface area (Å²) in [6, 6.07) is 18.5. The molecule has 1 N–H and O–H groups in total. The number of carbonyl (C=O) groups excluding carboxylic acids is 1. The van der Waals surface area contributed by atoms with Crippen LogP contribution in [-0.2, 0) is 18.3 Å². The van der Waals surface area contributed by atoms with Gasteiger partial charge in [-0.05, 0) is 23.8 Å². The summed E-state index contributed by atoms with van der Waals surface area (Å²) in [6.45, 7) is 1.77. The molecule has 9 nitrogen and oxygen atoms in total. The molecule has 0 radical (unpaired) electrons. The van der Waals surface area contributed by atoms with Crippen LogP contribution in [0.2, 0.25) is 0 Å². The van der Waals surface area contributed by atoms with E-state index in [1.807, 2.05) is 68.2 Å². The SMILES string of the molecule is Cn1cc(-c2cc(-c3ccc(N4CC5C(NC(=O)Cc6ccccc6)[C@H]5C4)nc3)c3c(C#N)cnn3c2)cn1. The Morgan fingerprint density at radius 3 is 2.51 bits per heavy atom. The molecule has 9 heteroatoms. The quantitative estimate of drug-likeness (QED) is 0.372. The highest BCUT2D eigenvalue weighted by molar-refractivity contribution is 5.87. The Bertz CT molecular complexity index is 1720. The van der Waals surface area contributed by atoms with Crippen LogP contribution in [-0.4, -0.2) is 49.4 Å². The van der Waals surface area contributed by atoms with Gasteiger partial charge in [0.05, 0.1) is 29.9 Å². The monoisotopic (exact) mass is 514 g/mol. The third kappa shape index (κ3) is 4.20. The molecule has 5 aromatic rings. The number of nitrogens with zero attached hydrogens (tertiary/aromatic N) is 7. The van der Waals surface area contributed by atoms with Crippen molar-refractivity contribution >= 4 is 17.2 Å². The molecule has 2 unspecified atom stereocenters. The Kier molecular flexibility index (Phi) is 5.40. The molecule has 192 valence electrons. The Labute approximate surface area is 225 Å². The third-order valence-corrected chi connectivity index (χ3v) is 7.88. The Morgan fingerprint density at radius 2 is 1.82 bits per heavy atom. The van der Waals surface area contributed by atoms with Crippen LogP contribution in [0.5, 0.6) is 0 Å². The molecule has 39 heavy (non-hydrogen) atoms. The van der Waals surface area contributed by atoms with Crippen LogP contribution in [0, 0.1) is 23.2 Å². The second-order valence-electron chi connectivity index (χ2n) is 10.4. The predicted molar refractivity (Wildman–Crippen MR) is 147 cm³/mol. The standard InChI is InChI=1S/C30H26N8O/c1-36-15-23(14-33-36)21-10-24(30-22(11-31)13-34-38(30)16-21)20-7-8-27(32-12-20)37-17-25-26(18-37)29(25)35-28(39)9-19-5-3-2-4-6-19/h2-8,10,12-16,25-26,29H,9,17-18H2,1H3,(H,35,39)/t25-,26?,29?/m0/s1. The first kappa shape index (κ1) is 23.2. The van der Waals surface area contributed by atoms with Crippen molar-refractivity contribution in [1.82, 2.24) is 29.7 Å². The van der Waals surface area contributed by atoms with Crippen LogP contribution in [0.25, 0.3) is 27.8 Å². The van der Waals surface area contributed by atoms with Gasteiger partial charge in [-0.2, -0.15) is 15.5 Å². The van der Waals surface area contributed by atoms with E-state index in [-0.39, 0.29) is 11.9 Å². The maximum absolute atomic E-state index is 12.5. The molecule has 5 heterocycles. The topological polar surface area (TPSA) is 104 Å². The minimum atomic E-state index is 0.0890. The van der Waals surface area contributed by atoms with E-state index in [9.17, 15) is 10.1 Å². The number of hydrogen-bond acceptors (Lipinski definition) is 6. The molecule has 1 aliphatic heterocycles. The normalized spacial score (nSPS) is 19.6. The first-order valence-electron chi connectivity index (χ1n) is 13.0. The second-order valence-corrected chi connectivity index (χ2v) is 10.4. The Balaban J connectivity index is 1.07. The molecule has 3 atom stereocenters. The van der Waals surface area contributed by atoms with Gasteiger partial charge >= 0.3 is 0 Å². The number of aryl methyl sites for hydroxylation is 1. The average molecular weight is 515 g/mol. The van der Waals surface area contributed by atoms with Crippen molar-refractivity contribution in [2.75, 3.05) is 18.0 Å². The number of nitriles is 1. The summed E-state index contributed by atoms with van der Waals surface area (Å²) in [4.78, 5) is 19.6. The molecular weight excluding hydrogens is 488 g/mol. The van der Waals surface area contributed by atoms with Gasteiger partial charge in [0.25, 0.3) is 0 Å². The summed E-state index contributed by atoms with van der Waals surface area (Å²) in [5.41, 5.74) is 6.07. The maximum Gasteiger partial charge on any atom is 0.224 e. The zero-order valence-corrected chi connectivity index (χ0v) is 21.4. The lowest BCUT2D eigenvalue weighted by atomic mass is 10.0. The number of nitrogens with one attached hydrogen (secondary N) is 1. The lowest BCUT2D eigenvalue weighted by Gasteiger charge is -2.21. The van der Waals surface area contributed by atoms with Gasteiger partial charge in [0.2, 0.25) is 5.91 Å². The Hall–Kier alpha value is -4.97. The van der Waals surface area contributed by atoms with Crippen molar-refractivity contribution in [1.29, 1.82) is 5.26 Å². The zero-order valence-electron chi connectivity index (χ0n) is 21.4. The summed E-state index contributed by atoms with van der Waals surface area (Å²) in [6.07, 6.45) is 9.58. The number of aromatic nitrogens is 5. The molecule has 7 rings (SSSR count). The molecule has 0 bridgehead atoms. The first-order valence-corrected chi connectivity index (χ1v) is 13.0. The number of anilines is 1. The number of benzene rings is 1. The van der Waals surface area contributed by atoms with E-state index in [1.54, 1.807) is 15.4 Å². The molecule has 1 aliphatic carbocycles. The molecular formula is C30H26N8O. The molecule has 2 aliphatic rings. The highest BCUT2D eigenvalue weighted by Gasteiger charge is 2.56. The van der Waals surface area contributed by atoms with Crippen LogP contribution in [0.1, 0.15) is 11.1 Å². The fourth-order valence-corrected chi connectivity index (χ4v) is 5.83. The zero-order chi connectivity index (χ0) is 26.5. The number of hydrogen-bond donors (Lipinski definition) is 1. The van der Waals surface area contributed by atoms with Crippen molar-refractivity contribution < 1.29 is 4.79 Å². The molecule has 2 fully saturated rings. The lowest BCUT2D eigenvalue weighted by molar-refractivity contribution is -0.120. The van der Waals surface area contributed by atoms with E-state index in [0.717, 1.165) is 52.2 Å². The van der Waals surface area contributed by atoms with Crippen molar-refractivity contribution in [2.24, 2.45) is 18.9 Å². The molecule has 1 amide bonds. The summed E-state index contributed by atoms with van der Waals surface area (Å²) >= 11 is 0. The second kappa shape index (κ2) is 9.10. The van der Waals surface area contributed by atoms with Crippen LogP contribution in [0.3, 0.4) is 0 Å². The molecule has 1 aromatic carbocycles. The number of fused-ring (bicyclic) bond motifs is 2. The van der Waals surface area contributed by atoms with E-state index >= 15 is 0 Å². The highest BCUT2D eigenvalue weighted by Crippen LogP contribution is 2.46. The fourth-order valence-electron chi connectivity index (χ4n) is 5.83. The van der Waals surface area contributed by atoms with Gasteiger partial charge < -0.3 is 10.2 Å². The van der Waals surface area contributed by atoms with E-state index in [1.165, 1.54) is 0 Å². The molecule has 0 spiro atoms. The van der Waals surface area contributed by atoms with E-state index in [2.05, 4.69) is 38.6 Å². The minimum Gasteiger partial charge on any atom is -0.356 e. The van der Waals surface area contributed by atoms with Gasteiger partial charge in [0.15, 0.2) is 0 Å². The van der Waals surface area contributed by atoms with Crippen LogP contribution in [0.15, 0.2) is 79.5 Å². The van der Waals surface area contributed by atoms with Crippen LogP contribution >= 0.6 is 0 Å². The number of rotatable bonds is 6. The van der Waals surface area contributed by atoms with Crippen LogP contribution < -0.4 is 10.2 Å². The summed E-state index contributed by atoms with van der Waals surface area (Å²) in [7, 11) is 1.89. The molecule has 1 saturated heterocycles. The van der Waals surface area contributed by atoms with Crippen molar-refractivity contribution in [2.45, 2.75) is 12.5 Å². The summed E-state index contributed by atoms with van der Waals surface area (Å²) < 4.78 is 3.52. The van der Waals surface area contributed by atoms with Gasteiger partial charge in [-0.1, -0.05) is 30.3 Å². The summed E-state index contributed by atoms with van der Waals surface area (Å²) in [5, 5.41) is 21.6. The van der Waals surface area contributed by atoms with Crippen molar-refractivity contribution in [3.8, 4) is 28.3 Å². The highest BCUT2D eigenvalue weighted by atomic mass is 16.1. The largest absolute Gasteiger partial charge is 0.356 e. The maximum atomic E-state index is 12.5. The Morgan fingerprint density at radius 1 is 1.00 bits per heavy atom. The fraction of sp³-hybridized carbons (Fsp3) is 0.233. The first-order chi connectivity index (χ1) is 19.1. The third-order valence-electron chi connectivity index (χ3n) is 7.88. The van der Waals surface area contributed by atoms with Crippen molar-refractivity contribution in [3.63, 3.8) is 0 Å². The lowest BCUT2D eigenvalue weighted by Crippen LogP contribution is -2.35. The van der Waals surface area contributed by atoms with Crippen molar-refractivity contribution in [3.05, 3.63) is 90.6 Å². The molecule has 4 aromatic heterocycles. The van der Waals surface area contributed by atoms with Gasteiger partial charge in [0, 0.05) is 78.9 Å². The van der Waals surface area contributed by atoms with E-state index < -0.39 is 0 Å². The number of pyridine rings is 2. The predicted octanol–water partition coefficient (Wildman–Crippen LogP) is 3.46. The average Bonchev–Trinajstić information content (AvgIpc) is 3.41. The number of piperidine rings is 1. The van der Waals surface area contributed by atoms with E-state index in [4.69, 9.17) is 4.98 Å². The molecule has 1 saturated carbocycles. The smallest absolute Gasteiger partial charge is 0.224 e. The van der Waals surface area contributed by atoms with Gasteiger partial charge in [0.1, 0.15) is 11.9 Å². The van der Waals surface area contributed by atoms with Crippen LogP contribution in [0.4, 0.5) is 5.82 Å².